The molecule has 0 atom stereocenters. The number of nitrogens with one attached hydrogen (secondary N) is 1. The summed E-state index contributed by atoms with van der Waals surface area (Å²) >= 11 is 0. The topological polar surface area (TPSA) is 73.9 Å². The number of benzene rings is 2. The minimum Gasteiger partial charge on any atom is -0.493 e. The number of amides is 1. The van der Waals surface area contributed by atoms with Crippen molar-refractivity contribution < 1.29 is 23.8 Å². The zero-order valence-corrected chi connectivity index (χ0v) is 15.2. The molecule has 2 aromatic rings. The van der Waals surface area contributed by atoms with E-state index in [1.165, 1.54) is 7.11 Å². The molecule has 0 saturated carbocycles. The van der Waals surface area contributed by atoms with Crippen molar-refractivity contribution in [3.63, 3.8) is 0 Å². The first kappa shape index (κ1) is 19.3. The lowest BCUT2D eigenvalue weighted by atomic mass is 10.1. The van der Waals surface area contributed by atoms with E-state index in [0.717, 1.165) is 12.0 Å². The smallest absolute Gasteiger partial charge is 0.310 e. The van der Waals surface area contributed by atoms with Crippen LogP contribution in [0.2, 0.25) is 0 Å². The molecule has 2 aromatic carbocycles. The molecule has 0 aliphatic heterocycles. The number of carbonyl (C=O) groups excluding carboxylic acids is 2. The molecule has 26 heavy (non-hydrogen) atoms. The van der Waals surface area contributed by atoms with Gasteiger partial charge in [0.2, 0.25) is 0 Å². The minimum absolute atomic E-state index is 0.0406. The molecule has 6 heteroatoms. The van der Waals surface area contributed by atoms with Crippen molar-refractivity contribution in [2.24, 2.45) is 0 Å². The van der Waals surface area contributed by atoms with Crippen molar-refractivity contribution in [2.45, 2.75) is 19.8 Å². The second-order valence-electron chi connectivity index (χ2n) is 5.63. The number of methoxy groups -OCH3 is 2. The second kappa shape index (κ2) is 9.46. The first-order chi connectivity index (χ1) is 12.5. The van der Waals surface area contributed by atoms with E-state index in [9.17, 15) is 9.59 Å². The summed E-state index contributed by atoms with van der Waals surface area (Å²) in [6, 6.07) is 12.7. The van der Waals surface area contributed by atoms with Gasteiger partial charge in [0.05, 0.1) is 20.6 Å². The van der Waals surface area contributed by atoms with Crippen molar-refractivity contribution in [3.8, 4) is 11.5 Å². The number of rotatable bonds is 8. The van der Waals surface area contributed by atoms with E-state index in [1.807, 2.05) is 25.1 Å². The van der Waals surface area contributed by atoms with Crippen LogP contribution in [-0.4, -0.2) is 32.7 Å². The predicted octanol–water partition coefficient (Wildman–Crippen LogP) is 2.99. The Kier molecular flexibility index (Phi) is 7.02. The molecule has 0 bridgehead atoms. The fraction of sp³-hybridized carbons (Fsp3) is 0.300. The fourth-order valence-corrected chi connectivity index (χ4v) is 2.42. The molecule has 0 aliphatic carbocycles. The SMILES string of the molecule is CCc1cccc(NC(=O)COC(=O)Cc2ccc(OC)c(OC)c2)c1. The third-order valence-electron chi connectivity index (χ3n) is 3.78. The van der Waals surface area contributed by atoms with Gasteiger partial charge >= 0.3 is 5.97 Å². The van der Waals surface area contributed by atoms with Gasteiger partial charge in [0.25, 0.3) is 5.91 Å². The summed E-state index contributed by atoms with van der Waals surface area (Å²) in [5.41, 5.74) is 2.52. The Hall–Kier alpha value is -3.02. The Labute approximate surface area is 153 Å². The lowest BCUT2D eigenvalue weighted by Gasteiger charge is -2.10. The van der Waals surface area contributed by atoms with Gasteiger partial charge in [0, 0.05) is 5.69 Å². The molecular weight excluding hydrogens is 334 g/mol. The van der Waals surface area contributed by atoms with Crippen LogP contribution in [-0.2, 0) is 27.2 Å². The average molecular weight is 357 g/mol. The van der Waals surface area contributed by atoms with Crippen molar-refractivity contribution >= 4 is 17.6 Å². The predicted molar refractivity (Wildman–Crippen MR) is 98.7 cm³/mol. The van der Waals surface area contributed by atoms with Crippen LogP contribution in [0.1, 0.15) is 18.1 Å². The number of hydrogen-bond donors (Lipinski definition) is 1. The minimum atomic E-state index is -0.491. The Balaban J connectivity index is 1.85. The third-order valence-corrected chi connectivity index (χ3v) is 3.78. The number of aryl methyl sites for hydroxylation is 1. The van der Waals surface area contributed by atoms with Gasteiger partial charge in [0.1, 0.15) is 0 Å². The highest BCUT2D eigenvalue weighted by molar-refractivity contribution is 5.93. The Bertz CT molecular complexity index is 773. The summed E-state index contributed by atoms with van der Waals surface area (Å²) in [4.78, 5) is 23.9. The maximum Gasteiger partial charge on any atom is 0.310 e. The summed E-state index contributed by atoms with van der Waals surface area (Å²) in [6.45, 7) is 1.71. The lowest BCUT2D eigenvalue weighted by Crippen LogP contribution is -2.21. The summed E-state index contributed by atoms with van der Waals surface area (Å²) in [5.74, 6) is 0.248. The van der Waals surface area contributed by atoms with Crippen LogP contribution in [0.25, 0.3) is 0 Å². The molecule has 0 spiro atoms. The lowest BCUT2D eigenvalue weighted by molar-refractivity contribution is -0.146. The van der Waals surface area contributed by atoms with Crippen LogP contribution in [0.15, 0.2) is 42.5 Å². The molecule has 1 amide bonds. The molecule has 1 N–H and O–H groups in total. The van der Waals surface area contributed by atoms with Gasteiger partial charge in [-0.25, -0.2) is 0 Å². The number of carbonyl (C=O) groups is 2. The second-order valence-corrected chi connectivity index (χ2v) is 5.63. The summed E-state index contributed by atoms with van der Waals surface area (Å²) in [5, 5.41) is 2.72. The van der Waals surface area contributed by atoms with E-state index in [2.05, 4.69) is 5.32 Å². The van der Waals surface area contributed by atoms with Gasteiger partial charge < -0.3 is 19.5 Å². The van der Waals surface area contributed by atoms with Crippen LogP contribution in [0.4, 0.5) is 5.69 Å². The van der Waals surface area contributed by atoms with Crippen molar-refractivity contribution in [2.75, 3.05) is 26.1 Å². The molecule has 0 radical (unpaired) electrons. The van der Waals surface area contributed by atoms with Crippen LogP contribution in [0, 0.1) is 0 Å². The molecular formula is C20H23NO5. The molecule has 0 aliphatic rings. The first-order valence-corrected chi connectivity index (χ1v) is 8.31. The maximum atomic E-state index is 11.9. The summed E-state index contributed by atoms with van der Waals surface area (Å²) in [6.07, 6.45) is 0.920. The van der Waals surface area contributed by atoms with E-state index in [1.54, 1.807) is 31.4 Å². The molecule has 138 valence electrons. The first-order valence-electron chi connectivity index (χ1n) is 8.31. The molecule has 0 aromatic heterocycles. The van der Waals surface area contributed by atoms with Crippen molar-refractivity contribution in [3.05, 3.63) is 53.6 Å². The summed E-state index contributed by atoms with van der Waals surface area (Å²) < 4.78 is 15.4. The Morgan fingerprint density at radius 1 is 0.962 bits per heavy atom. The van der Waals surface area contributed by atoms with Gasteiger partial charge in [-0.1, -0.05) is 25.1 Å². The monoisotopic (exact) mass is 357 g/mol. The quantitative estimate of drug-likeness (QED) is 0.735. The van der Waals surface area contributed by atoms with Crippen molar-refractivity contribution in [1.29, 1.82) is 0 Å². The van der Waals surface area contributed by atoms with Gasteiger partial charge in [-0.3, -0.25) is 9.59 Å². The summed E-state index contributed by atoms with van der Waals surface area (Å²) in [7, 11) is 3.07. The molecule has 0 fully saturated rings. The molecule has 6 nitrogen and oxygen atoms in total. The Morgan fingerprint density at radius 2 is 1.73 bits per heavy atom. The number of anilines is 1. The van der Waals surface area contributed by atoms with Crippen LogP contribution in [0.5, 0.6) is 11.5 Å². The highest BCUT2D eigenvalue weighted by Crippen LogP contribution is 2.27. The van der Waals surface area contributed by atoms with Crippen LogP contribution >= 0.6 is 0 Å². The van der Waals surface area contributed by atoms with E-state index in [4.69, 9.17) is 14.2 Å². The molecule has 0 heterocycles. The van der Waals surface area contributed by atoms with E-state index in [0.29, 0.717) is 22.7 Å². The van der Waals surface area contributed by atoms with E-state index in [-0.39, 0.29) is 18.9 Å². The van der Waals surface area contributed by atoms with Crippen LogP contribution in [0.3, 0.4) is 0 Å². The maximum absolute atomic E-state index is 11.9. The number of esters is 1. The molecule has 0 saturated heterocycles. The standard InChI is InChI=1S/C20H23NO5/c1-4-14-6-5-7-16(10-14)21-19(22)13-26-20(23)12-15-8-9-17(24-2)18(11-15)25-3/h5-11H,4,12-13H2,1-3H3,(H,21,22). The zero-order chi connectivity index (χ0) is 18.9. The average Bonchev–Trinajstić information content (AvgIpc) is 2.66. The number of ether oxygens (including phenoxy) is 3. The van der Waals surface area contributed by atoms with E-state index < -0.39 is 5.97 Å². The van der Waals surface area contributed by atoms with Gasteiger partial charge in [-0.05, 0) is 41.8 Å². The highest BCUT2D eigenvalue weighted by atomic mass is 16.5. The van der Waals surface area contributed by atoms with Crippen LogP contribution < -0.4 is 14.8 Å². The fourth-order valence-electron chi connectivity index (χ4n) is 2.42. The largest absolute Gasteiger partial charge is 0.493 e. The normalized spacial score (nSPS) is 10.1. The number of hydrogen-bond acceptors (Lipinski definition) is 5. The highest BCUT2D eigenvalue weighted by Gasteiger charge is 2.11. The Morgan fingerprint density at radius 3 is 2.42 bits per heavy atom. The molecule has 2 rings (SSSR count). The van der Waals surface area contributed by atoms with Gasteiger partial charge in [0.15, 0.2) is 18.1 Å². The third kappa shape index (κ3) is 5.51. The van der Waals surface area contributed by atoms with Gasteiger partial charge in [-0.2, -0.15) is 0 Å². The molecule has 0 unspecified atom stereocenters. The van der Waals surface area contributed by atoms with Gasteiger partial charge in [-0.15, -0.1) is 0 Å². The van der Waals surface area contributed by atoms with E-state index >= 15 is 0 Å². The zero-order valence-electron chi connectivity index (χ0n) is 15.2. The van der Waals surface area contributed by atoms with Crippen molar-refractivity contribution in [1.82, 2.24) is 0 Å².